The molecular formula is C19H26Cl2N2O3. The molecule has 0 bridgehead atoms. The zero-order valence-corrected chi connectivity index (χ0v) is 17.0. The van der Waals surface area contributed by atoms with Crippen LogP contribution < -0.4 is 15.6 Å². The highest BCUT2D eigenvalue weighted by Gasteiger charge is 2.18. The first-order chi connectivity index (χ1) is 11.6. The van der Waals surface area contributed by atoms with E-state index in [1.165, 1.54) is 0 Å². The highest BCUT2D eigenvalue weighted by atomic mass is 35.5. The van der Waals surface area contributed by atoms with Crippen molar-refractivity contribution in [2.45, 2.75) is 27.3 Å². The van der Waals surface area contributed by atoms with Gasteiger partial charge in [0.2, 0.25) is 0 Å². The van der Waals surface area contributed by atoms with Crippen molar-refractivity contribution in [3.8, 4) is 5.75 Å². The highest BCUT2D eigenvalue weighted by molar-refractivity contribution is 6.30. The van der Waals surface area contributed by atoms with E-state index in [-0.39, 0.29) is 12.4 Å². The largest absolute Gasteiger partial charge is 0.497 e. The molecule has 144 valence electrons. The lowest BCUT2D eigenvalue weighted by Gasteiger charge is -2.19. The molecule has 26 heavy (non-hydrogen) atoms. The fourth-order valence-corrected chi connectivity index (χ4v) is 1.78. The molecule has 3 N–H and O–H groups in total. The number of benzene rings is 2. The normalized spacial score (nSPS) is 10.1. The molecule has 0 saturated heterocycles. The maximum Gasteiger partial charge on any atom is 0.308 e. The van der Waals surface area contributed by atoms with E-state index >= 15 is 0 Å². The second kappa shape index (κ2) is 10.9. The Morgan fingerprint density at radius 2 is 1.58 bits per heavy atom. The number of nitrogens with zero attached hydrogens (tertiary/aromatic N) is 1. The van der Waals surface area contributed by atoms with Crippen molar-refractivity contribution in [1.82, 2.24) is 0 Å². The minimum absolute atomic E-state index is 0. The van der Waals surface area contributed by atoms with Gasteiger partial charge in [-0.25, -0.2) is 5.84 Å². The number of hydrazine groups is 1. The van der Waals surface area contributed by atoms with Gasteiger partial charge in [-0.3, -0.25) is 4.79 Å². The van der Waals surface area contributed by atoms with Gasteiger partial charge in [-0.15, -0.1) is 12.4 Å². The van der Waals surface area contributed by atoms with Gasteiger partial charge in [0.15, 0.2) is 0 Å². The SMILES string of the molecule is CC(C)(C)C(=O)O.COc1ccc(N(N)Cc2ccc(Cl)cc2)cc1.Cl. The number of carboxylic acids is 1. The first-order valence-electron chi connectivity index (χ1n) is 7.77. The first kappa shape index (κ1) is 24.1. The number of hydrogen-bond acceptors (Lipinski definition) is 4. The number of methoxy groups -OCH3 is 1. The van der Waals surface area contributed by atoms with Crippen molar-refractivity contribution in [2.75, 3.05) is 12.1 Å². The van der Waals surface area contributed by atoms with Crippen LogP contribution in [0.5, 0.6) is 5.75 Å². The van der Waals surface area contributed by atoms with Gasteiger partial charge in [0.25, 0.3) is 0 Å². The number of halogens is 2. The van der Waals surface area contributed by atoms with Crippen LogP contribution in [0.2, 0.25) is 5.02 Å². The number of hydrogen-bond donors (Lipinski definition) is 2. The van der Waals surface area contributed by atoms with Crippen molar-refractivity contribution < 1.29 is 14.6 Å². The molecule has 5 nitrogen and oxygen atoms in total. The number of carbonyl (C=O) groups is 1. The molecule has 0 fully saturated rings. The molecule has 0 aliphatic carbocycles. The Kier molecular flexibility index (Phi) is 10.1. The van der Waals surface area contributed by atoms with Crippen molar-refractivity contribution in [3.05, 3.63) is 59.1 Å². The van der Waals surface area contributed by atoms with Crippen LogP contribution in [0, 0.1) is 5.41 Å². The van der Waals surface area contributed by atoms with E-state index < -0.39 is 11.4 Å². The molecule has 0 atom stereocenters. The van der Waals surface area contributed by atoms with Gasteiger partial charge in [0.05, 0.1) is 24.8 Å². The number of nitrogens with two attached hydrogens (primary N) is 1. The van der Waals surface area contributed by atoms with Crippen LogP contribution in [0.15, 0.2) is 48.5 Å². The zero-order valence-electron chi connectivity index (χ0n) is 15.4. The van der Waals surface area contributed by atoms with Crippen molar-refractivity contribution in [1.29, 1.82) is 0 Å². The lowest BCUT2D eigenvalue weighted by molar-refractivity contribution is -0.145. The summed E-state index contributed by atoms with van der Waals surface area (Å²) in [6.45, 7) is 5.61. The van der Waals surface area contributed by atoms with Gasteiger partial charge in [0, 0.05) is 5.02 Å². The monoisotopic (exact) mass is 400 g/mol. The predicted molar refractivity (Wildman–Crippen MR) is 109 cm³/mol. The lowest BCUT2D eigenvalue weighted by Crippen LogP contribution is -2.29. The Morgan fingerprint density at radius 1 is 1.12 bits per heavy atom. The number of rotatable bonds is 4. The van der Waals surface area contributed by atoms with E-state index in [4.69, 9.17) is 27.3 Å². The third-order valence-electron chi connectivity index (χ3n) is 3.31. The number of carboxylic acid groups (broad SMARTS) is 1. The highest BCUT2D eigenvalue weighted by Crippen LogP contribution is 2.19. The zero-order chi connectivity index (χ0) is 19.0. The minimum Gasteiger partial charge on any atom is -0.497 e. The second-order valence-electron chi connectivity index (χ2n) is 6.51. The summed E-state index contributed by atoms with van der Waals surface area (Å²) in [5, 5.41) is 10.7. The van der Waals surface area contributed by atoms with E-state index in [0.29, 0.717) is 6.54 Å². The van der Waals surface area contributed by atoms with Crippen LogP contribution >= 0.6 is 24.0 Å². The predicted octanol–water partition coefficient (Wildman–Crippen LogP) is 4.77. The molecule has 0 radical (unpaired) electrons. The molecule has 0 spiro atoms. The van der Waals surface area contributed by atoms with Gasteiger partial charge in [0.1, 0.15) is 5.75 Å². The van der Waals surface area contributed by atoms with E-state index in [2.05, 4.69) is 0 Å². The number of ether oxygens (including phenoxy) is 1. The van der Waals surface area contributed by atoms with E-state index in [9.17, 15) is 4.79 Å². The third-order valence-corrected chi connectivity index (χ3v) is 3.56. The van der Waals surface area contributed by atoms with Gasteiger partial charge >= 0.3 is 5.97 Å². The standard InChI is InChI=1S/C14H15ClN2O.C5H10O2.ClH/c1-18-14-8-6-13(7-9-14)17(16)10-11-2-4-12(15)5-3-11;1-5(2,3)4(6)7;/h2-9H,10,16H2,1H3;1-3H3,(H,6,7);1H. The maximum absolute atomic E-state index is 10.0. The Bertz CT molecular complexity index is 669. The average Bonchev–Trinajstić information content (AvgIpc) is 2.56. The van der Waals surface area contributed by atoms with E-state index in [1.54, 1.807) is 32.9 Å². The Hall–Kier alpha value is -1.95. The van der Waals surface area contributed by atoms with Crippen LogP contribution in [-0.4, -0.2) is 18.2 Å². The van der Waals surface area contributed by atoms with E-state index in [0.717, 1.165) is 22.0 Å². The minimum atomic E-state index is -0.757. The summed E-state index contributed by atoms with van der Waals surface area (Å²) in [7, 11) is 1.64. The van der Waals surface area contributed by atoms with Crippen molar-refractivity contribution in [2.24, 2.45) is 11.3 Å². The van der Waals surface area contributed by atoms with Crippen LogP contribution in [0.4, 0.5) is 5.69 Å². The molecule has 0 aromatic heterocycles. The molecule has 7 heteroatoms. The third kappa shape index (κ3) is 8.43. The topological polar surface area (TPSA) is 75.8 Å². The van der Waals surface area contributed by atoms with E-state index in [1.807, 2.05) is 48.5 Å². The number of aliphatic carboxylic acids is 1. The van der Waals surface area contributed by atoms with Gasteiger partial charge in [-0.2, -0.15) is 0 Å². The first-order valence-corrected chi connectivity index (χ1v) is 8.15. The summed E-state index contributed by atoms with van der Waals surface area (Å²) in [6.07, 6.45) is 0. The second-order valence-corrected chi connectivity index (χ2v) is 6.94. The average molecular weight is 401 g/mol. The summed E-state index contributed by atoms with van der Waals surface area (Å²) in [4.78, 5) is 10.0. The quantitative estimate of drug-likeness (QED) is 0.570. The van der Waals surface area contributed by atoms with Crippen LogP contribution in [0.3, 0.4) is 0 Å². The van der Waals surface area contributed by atoms with Crippen molar-refractivity contribution in [3.63, 3.8) is 0 Å². The molecule has 2 aromatic rings. The summed E-state index contributed by atoms with van der Waals surface area (Å²) >= 11 is 5.84. The smallest absolute Gasteiger partial charge is 0.308 e. The molecule has 2 aromatic carbocycles. The Labute approximate surface area is 166 Å². The fraction of sp³-hybridized carbons (Fsp3) is 0.316. The molecule has 0 heterocycles. The molecule has 0 unspecified atom stereocenters. The molecule has 0 aliphatic rings. The van der Waals surface area contributed by atoms with Crippen molar-refractivity contribution >= 4 is 35.7 Å². The molecule has 0 aliphatic heterocycles. The maximum atomic E-state index is 10.0. The summed E-state index contributed by atoms with van der Waals surface area (Å²) in [6, 6.07) is 15.3. The Morgan fingerprint density at radius 3 is 1.96 bits per heavy atom. The summed E-state index contributed by atoms with van der Waals surface area (Å²) < 4.78 is 5.11. The fourth-order valence-electron chi connectivity index (χ4n) is 1.65. The molecule has 0 amide bonds. The van der Waals surface area contributed by atoms with Gasteiger partial charge in [-0.1, -0.05) is 23.7 Å². The van der Waals surface area contributed by atoms with Gasteiger partial charge < -0.3 is 14.9 Å². The van der Waals surface area contributed by atoms with Crippen LogP contribution in [-0.2, 0) is 11.3 Å². The number of anilines is 1. The molecular weight excluding hydrogens is 375 g/mol. The Balaban J connectivity index is 0.000000673. The molecule has 2 rings (SSSR count). The molecule has 0 saturated carbocycles. The van der Waals surface area contributed by atoms with Crippen LogP contribution in [0.25, 0.3) is 0 Å². The summed E-state index contributed by atoms with van der Waals surface area (Å²) in [5.41, 5.74) is 1.46. The van der Waals surface area contributed by atoms with Gasteiger partial charge in [-0.05, 0) is 62.7 Å². The lowest BCUT2D eigenvalue weighted by atomic mass is 9.98. The summed E-state index contributed by atoms with van der Waals surface area (Å²) in [5.74, 6) is 6.08. The van der Waals surface area contributed by atoms with Crippen LogP contribution in [0.1, 0.15) is 26.3 Å².